The van der Waals surface area contributed by atoms with Gasteiger partial charge in [-0.2, -0.15) is 0 Å². The molecular formula is C11H16FN. The highest BCUT2D eigenvalue weighted by atomic mass is 19.1. The summed E-state index contributed by atoms with van der Waals surface area (Å²) < 4.78 is 13.5. The Balaban J connectivity index is 3.28. The van der Waals surface area contributed by atoms with Gasteiger partial charge in [0.05, 0.1) is 0 Å². The molecule has 1 aromatic rings. The molecule has 0 amide bonds. The van der Waals surface area contributed by atoms with E-state index in [9.17, 15) is 4.39 Å². The van der Waals surface area contributed by atoms with Gasteiger partial charge in [0.25, 0.3) is 0 Å². The molecule has 0 aliphatic rings. The van der Waals surface area contributed by atoms with E-state index in [4.69, 9.17) is 0 Å². The number of benzene rings is 1. The van der Waals surface area contributed by atoms with Gasteiger partial charge in [-0.1, -0.05) is 12.1 Å². The smallest absolute Gasteiger partial charge is 0.128 e. The van der Waals surface area contributed by atoms with Crippen molar-refractivity contribution in [2.75, 3.05) is 7.05 Å². The lowest BCUT2D eigenvalue weighted by Crippen LogP contribution is -2.34. The summed E-state index contributed by atoms with van der Waals surface area (Å²) in [5, 5.41) is 3.10. The molecule has 1 nitrogen and oxygen atoms in total. The van der Waals surface area contributed by atoms with Gasteiger partial charge in [0, 0.05) is 11.1 Å². The first-order valence-corrected chi connectivity index (χ1v) is 4.43. The molecule has 0 spiro atoms. The number of nitrogens with one attached hydrogen (secondary N) is 1. The Bertz CT molecular complexity index is 285. The molecule has 0 bridgehead atoms. The predicted molar refractivity (Wildman–Crippen MR) is 53.2 cm³/mol. The predicted octanol–water partition coefficient (Wildman–Crippen LogP) is 2.59. The van der Waals surface area contributed by atoms with E-state index in [-0.39, 0.29) is 11.4 Å². The summed E-state index contributed by atoms with van der Waals surface area (Å²) in [6.45, 7) is 5.87. The second-order valence-corrected chi connectivity index (χ2v) is 3.81. The van der Waals surface area contributed by atoms with Crippen molar-refractivity contribution in [3.8, 4) is 0 Å². The van der Waals surface area contributed by atoms with Crippen LogP contribution in [0.2, 0.25) is 0 Å². The molecule has 0 aliphatic heterocycles. The summed E-state index contributed by atoms with van der Waals surface area (Å²) in [6.07, 6.45) is 0. The first kappa shape index (κ1) is 10.2. The first-order valence-electron chi connectivity index (χ1n) is 4.43. The second kappa shape index (κ2) is 3.46. The minimum Gasteiger partial charge on any atom is -0.311 e. The fraction of sp³-hybridized carbons (Fsp3) is 0.455. The molecule has 1 N–H and O–H groups in total. The zero-order chi connectivity index (χ0) is 10.1. The number of hydrogen-bond donors (Lipinski definition) is 1. The minimum absolute atomic E-state index is 0.139. The van der Waals surface area contributed by atoms with Crippen molar-refractivity contribution in [2.45, 2.75) is 26.3 Å². The lowest BCUT2D eigenvalue weighted by Gasteiger charge is -2.26. The van der Waals surface area contributed by atoms with E-state index in [2.05, 4.69) is 5.32 Å². The topological polar surface area (TPSA) is 12.0 Å². The molecule has 2 heteroatoms. The third-order valence-electron chi connectivity index (χ3n) is 2.47. The van der Waals surface area contributed by atoms with Crippen LogP contribution in [-0.4, -0.2) is 7.05 Å². The van der Waals surface area contributed by atoms with Crippen LogP contribution in [-0.2, 0) is 5.54 Å². The molecule has 72 valence electrons. The number of rotatable bonds is 2. The Morgan fingerprint density at radius 1 is 1.31 bits per heavy atom. The van der Waals surface area contributed by atoms with Crippen molar-refractivity contribution in [1.29, 1.82) is 0 Å². The average Bonchev–Trinajstić information content (AvgIpc) is 2.03. The van der Waals surface area contributed by atoms with Crippen molar-refractivity contribution in [3.05, 3.63) is 35.1 Å². The van der Waals surface area contributed by atoms with Gasteiger partial charge >= 0.3 is 0 Å². The van der Waals surface area contributed by atoms with Crippen molar-refractivity contribution >= 4 is 0 Å². The Morgan fingerprint density at radius 3 is 2.38 bits per heavy atom. The molecule has 13 heavy (non-hydrogen) atoms. The van der Waals surface area contributed by atoms with Crippen LogP contribution in [0.25, 0.3) is 0 Å². The molecule has 0 unspecified atom stereocenters. The highest BCUT2D eigenvalue weighted by Crippen LogP contribution is 2.25. The normalized spacial score (nSPS) is 11.8. The SMILES string of the molecule is CNC(C)(C)c1c(C)cccc1F. The third kappa shape index (κ3) is 1.89. The van der Waals surface area contributed by atoms with Gasteiger partial charge in [0.15, 0.2) is 0 Å². The van der Waals surface area contributed by atoms with E-state index >= 15 is 0 Å². The molecule has 0 atom stereocenters. The molecule has 0 radical (unpaired) electrons. The van der Waals surface area contributed by atoms with E-state index in [1.54, 1.807) is 6.07 Å². The van der Waals surface area contributed by atoms with Gasteiger partial charge in [-0.3, -0.25) is 0 Å². The molecule has 0 aliphatic carbocycles. The van der Waals surface area contributed by atoms with Crippen LogP contribution in [0.15, 0.2) is 18.2 Å². The number of halogens is 1. The lowest BCUT2D eigenvalue weighted by molar-refractivity contribution is 0.417. The standard InChI is InChI=1S/C11H16FN/c1-8-6-5-7-9(12)10(8)11(2,3)13-4/h5-7,13H,1-4H3. The lowest BCUT2D eigenvalue weighted by atomic mass is 9.90. The van der Waals surface area contributed by atoms with Gasteiger partial charge in [0.2, 0.25) is 0 Å². The summed E-state index contributed by atoms with van der Waals surface area (Å²) in [7, 11) is 1.84. The Morgan fingerprint density at radius 2 is 1.92 bits per heavy atom. The zero-order valence-corrected chi connectivity index (χ0v) is 8.61. The molecule has 1 aromatic carbocycles. The zero-order valence-electron chi connectivity index (χ0n) is 8.61. The van der Waals surface area contributed by atoms with Gasteiger partial charge in [-0.25, -0.2) is 4.39 Å². The largest absolute Gasteiger partial charge is 0.311 e. The van der Waals surface area contributed by atoms with Crippen LogP contribution in [0, 0.1) is 12.7 Å². The van der Waals surface area contributed by atoms with E-state index in [0.717, 1.165) is 11.1 Å². The van der Waals surface area contributed by atoms with Crippen molar-refractivity contribution in [1.82, 2.24) is 5.32 Å². The van der Waals surface area contributed by atoms with Gasteiger partial charge in [-0.05, 0) is 39.4 Å². The van der Waals surface area contributed by atoms with Crippen LogP contribution in [0.5, 0.6) is 0 Å². The fourth-order valence-corrected chi connectivity index (χ4v) is 1.55. The molecule has 1 rings (SSSR count). The molecular weight excluding hydrogens is 165 g/mol. The van der Waals surface area contributed by atoms with Gasteiger partial charge in [-0.15, -0.1) is 0 Å². The summed E-state index contributed by atoms with van der Waals surface area (Å²) in [6, 6.07) is 5.17. The second-order valence-electron chi connectivity index (χ2n) is 3.81. The first-order chi connectivity index (χ1) is 5.99. The van der Waals surface area contributed by atoms with Crippen LogP contribution >= 0.6 is 0 Å². The van der Waals surface area contributed by atoms with Gasteiger partial charge < -0.3 is 5.32 Å². The van der Waals surface area contributed by atoms with E-state index in [1.165, 1.54) is 6.07 Å². The van der Waals surface area contributed by atoms with Gasteiger partial charge in [0.1, 0.15) is 5.82 Å². The maximum Gasteiger partial charge on any atom is 0.128 e. The minimum atomic E-state index is -0.310. The monoisotopic (exact) mass is 181 g/mol. The van der Waals surface area contributed by atoms with Crippen LogP contribution in [0.4, 0.5) is 4.39 Å². The molecule has 0 saturated carbocycles. The molecule has 0 saturated heterocycles. The van der Waals surface area contributed by atoms with E-state index < -0.39 is 0 Å². The molecule has 0 fully saturated rings. The van der Waals surface area contributed by atoms with Crippen molar-refractivity contribution in [3.63, 3.8) is 0 Å². The highest BCUT2D eigenvalue weighted by molar-refractivity contribution is 5.33. The number of hydrogen-bond acceptors (Lipinski definition) is 1. The maximum absolute atomic E-state index is 13.5. The fourth-order valence-electron chi connectivity index (χ4n) is 1.55. The Kier molecular flexibility index (Phi) is 2.71. The van der Waals surface area contributed by atoms with Crippen molar-refractivity contribution < 1.29 is 4.39 Å². The molecule has 0 aromatic heterocycles. The van der Waals surface area contributed by atoms with Crippen LogP contribution in [0.1, 0.15) is 25.0 Å². The van der Waals surface area contributed by atoms with Crippen LogP contribution in [0.3, 0.4) is 0 Å². The quantitative estimate of drug-likeness (QED) is 0.739. The Hall–Kier alpha value is -0.890. The number of aryl methyl sites for hydroxylation is 1. The van der Waals surface area contributed by atoms with Crippen LogP contribution < -0.4 is 5.32 Å². The summed E-state index contributed by atoms with van der Waals surface area (Å²) in [5.74, 6) is -0.139. The Labute approximate surface area is 79.0 Å². The van der Waals surface area contributed by atoms with Crippen molar-refractivity contribution in [2.24, 2.45) is 0 Å². The highest BCUT2D eigenvalue weighted by Gasteiger charge is 2.23. The summed E-state index contributed by atoms with van der Waals surface area (Å²) >= 11 is 0. The third-order valence-corrected chi connectivity index (χ3v) is 2.47. The average molecular weight is 181 g/mol. The summed E-state index contributed by atoms with van der Waals surface area (Å²) in [4.78, 5) is 0. The molecule has 0 heterocycles. The van der Waals surface area contributed by atoms with E-state index in [0.29, 0.717) is 0 Å². The summed E-state index contributed by atoms with van der Waals surface area (Å²) in [5.41, 5.74) is 1.42. The maximum atomic E-state index is 13.5. The van der Waals surface area contributed by atoms with E-state index in [1.807, 2.05) is 33.9 Å².